The number of sulfonamides is 1. The summed E-state index contributed by atoms with van der Waals surface area (Å²) < 4.78 is 98.9. The van der Waals surface area contributed by atoms with E-state index in [1.807, 2.05) is 4.72 Å². The van der Waals surface area contributed by atoms with Gasteiger partial charge in [0.1, 0.15) is 16.3 Å². The fourth-order valence-corrected chi connectivity index (χ4v) is 6.17. The molecule has 15 heteroatoms. The van der Waals surface area contributed by atoms with Gasteiger partial charge in [0.25, 0.3) is 20.0 Å². The number of hydrogen-bond acceptors (Lipinski definition) is 6. The topological polar surface area (TPSA) is 112 Å². The summed E-state index contributed by atoms with van der Waals surface area (Å²) in [7, 11) is -7.52. The SMILES string of the molecule is COc1ccc2c(S(=O)(=O)Nc3cnn(C(F)(F)F)c3Cl)cn(S(=O)(=O)c3ccccc3)c2c1. The number of aromatic nitrogens is 3. The van der Waals surface area contributed by atoms with E-state index >= 15 is 0 Å². The van der Waals surface area contributed by atoms with E-state index in [2.05, 4.69) is 5.10 Å². The van der Waals surface area contributed by atoms with Crippen LogP contribution in [-0.2, 0) is 26.3 Å². The maximum absolute atomic E-state index is 13.3. The Kier molecular flexibility index (Phi) is 5.78. The average Bonchev–Trinajstić information content (AvgIpc) is 3.35. The van der Waals surface area contributed by atoms with E-state index < -0.39 is 46.8 Å². The minimum Gasteiger partial charge on any atom is -0.497 e. The largest absolute Gasteiger partial charge is 0.505 e. The molecular formula is C19H14ClF3N4O5S2. The molecule has 0 aliphatic carbocycles. The predicted octanol–water partition coefficient (Wildman–Crippen LogP) is 4.01. The highest BCUT2D eigenvalue weighted by Gasteiger charge is 2.36. The number of halogens is 4. The molecule has 0 saturated carbocycles. The van der Waals surface area contributed by atoms with Gasteiger partial charge in [-0.2, -0.15) is 9.78 Å². The van der Waals surface area contributed by atoms with Crippen LogP contribution in [0.1, 0.15) is 0 Å². The molecule has 9 nitrogen and oxygen atoms in total. The van der Waals surface area contributed by atoms with Gasteiger partial charge in [0.05, 0.1) is 23.7 Å². The van der Waals surface area contributed by atoms with E-state index in [0.717, 1.165) is 10.2 Å². The van der Waals surface area contributed by atoms with Crippen LogP contribution in [0, 0.1) is 0 Å². The zero-order valence-electron chi connectivity index (χ0n) is 17.0. The maximum atomic E-state index is 13.3. The van der Waals surface area contributed by atoms with Crippen molar-refractivity contribution in [3.63, 3.8) is 0 Å². The van der Waals surface area contributed by atoms with E-state index in [0.29, 0.717) is 6.20 Å². The van der Waals surface area contributed by atoms with E-state index in [1.165, 1.54) is 49.6 Å². The Labute approximate surface area is 196 Å². The fourth-order valence-electron chi connectivity index (χ4n) is 3.17. The second kappa shape index (κ2) is 8.21. The molecule has 0 amide bonds. The summed E-state index contributed by atoms with van der Waals surface area (Å²) >= 11 is 5.65. The number of alkyl halides is 3. The molecule has 0 unspecified atom stereocenters. The zero-order valence-corrected chi connectivity index (χ0v) is 19.4. The second-order valence-corrected chi connectivity index (χ2v) is 10.6. The molecule has 0 radical (unpaired) electrons. The van der Waals surface area contributed by atoms with Gasteiger partial charge < -0.3 is 4.74 Å². The Morgan fingerprint density at radius 2 is 1.74 bits per heavy atom. The molecule has 180 valence electrons. The monoisotopic (exact) mass is 534 g/mol. The summed E-state index contributed by atoms with van der Waals surface area (Å²) in [5.74, 6) is 0.251. The summed E-state index contributed by atoms with van der Waals surface area (Å²) in [6.07, 6.45) is -3.52. The number of benzene rings is 2. The van der Waals surface area contributed by atoms with Crippen LogP contribution in [0.4, 0.5) is 18.9 Å². The van der Waals surface area contributed by atoms with Gasteiger partial charge in [-0.25, -0.2) is 20.8 Å². The van der Waals surface area contributed by atoms with E-state index in [-0.39, 0.29) is 21.5 Å². The first-order valence-electron chi connectivity index (χ1n) is 9.19. The molecule has 0 spiro atoms. The van der Waals surface area contributed by atoms with Crippen molar-refractivity contribution in [1.29, 1.82) is 0 Å². The number of anilines is 1. The summed E-state index contributed by atoms with van der Waals surface area (Å²) in [4.78, 5) is -0.624. The van der Waals surface area contributed by atoms with Crippen molar-refractivity contribution < 1.29 is 34.7 Å². The third-order valence-electron chi connectivity index (χ3n) is 4.73. The van der Waals surface area contributed by atoms with Gasteiger partial charge in [0, 0.05) is 17.6 Å². The van der Waals surface area contributed by atoms with Crippen molar-refractivity contribution in [2.75, 3.05) is 11.8 Å². The second-order valence-electron chi connectivity index (χ2n) is 6.82. The van der Waals surface area contributed by atoms with Crippen molar-refractivity contribution in [1.82, 2.24) is 13.8 Å². The normalized spacial score (nSPS) is 12.7. The minimum absolute atomic E-state index is 0.0212. The van der Waals surface area contributed by atoms with Crippen LogP contribution in [0.3, 0.4) is 0 Å². The van der Waals surface area contributed by atoms with Gasteiger partial charge in [-0.15, -0.1) is 13.2 Å². The van der Waals surface area contributed by atoms with Crippen LogP contribution in [0.25, 0.3) is 10.9 Å². The van der Waals surface area contributed by atoms with Crippen molar-refractivity contribution in [3.8, 4) is 5.75 Å². The number of rotatable bonds is 6. The lowest BCUT2D eigenvalue weighted by molar-refractivity contribution is -0.212. The Balaban J connectivity index is 1.89. The van der Waals surface area contributed by atoms with Crippen molar-refractivity contribution in [3.05, 3.63) is 66.1 Å². The Bertz CT molecular complexity index is 1600. The molecule has 2 heterocycles. The Morgan fingerprint density at radius 3 is 2.32 bits per heavy atom. The van der Waals surface area contributed by atoms with E-state index in [1.54, 1.807) is 6.07 Å². The van der Waals surface area contributed by atoms with Gasteiger partial charge in [-0.3, -0.25) is 4.72 Å². The number of nitrogens with one attached hydrogen (secondary N) is 1. The molecule has 0 saturated heterocycles. The van der Waals surface area contributed by atoms with Crippen molar-refractivity contribution in [2.45, 2.75) is 16.1 Å². The predicted molar refractivity (Wildman–Crippen MR) is 117 cm³/mol. The third-order valence-corrected chi connectivity index (χ3v) is 8.17. The van der Waals surface area contributed by atoms with Gasteiger partial charge in [0.15, 0.2) is 5.15 Å². The number of hydrogen-bond donors (Lipinski definition) is 1. The van der Waals surface area contributed by atoms with Crippen LogP contribution >= 0.6 is 11.6 Å². The molecule has 0 fully saturated rings. The smallest absolute Gasteiger partial charge is 0.497 e. The summed E-state index contributed by atoms with van der Waals surface area (Å²) in [5.41, 5.74) is -0.667. The lowest BCUT2D eigenvalue weighted by Crippen LogP contribution is -2.18. The first-order valence-corrected chi connectivity index (χ1v) is 12.5. The van der Waals surface area contributed by atoms with Crippen LogP contribution in [0.5, 0.6) is 5.75 Å². The quantitative estimate of drug-likeness (QED) is 0.400. The summed E-state index contributed by atoms with van der Waals surface area (Å²) in [6, 6.07) is 11.3. The third kappa shape index (κ3) is 4.08. The van der Waals surface area contributed by atoms with Gasteiger partial charge in [0.2, 0.25) is 0 Å². The average molecular weight is 535 g/mol. The minimum atomic E-state index is -4.98. The van der Waals surface area contributed by atoms with Gasteiger partial charge in [-0.1, -0.05) is 29.8 Å². The Morgan fingerprint density at radius 1 is 1.06 bits per heavy atom. The van der Waals surface area contributed by atoms with Crippen molar-refractivity contribution >= 4 is 48.2 Å². The number of fused-ring (bicyclic) bond motifs is 1. The molecule has 2 aromatic carbocycles. The molecule has 1 N–H and O–H groups in total. The highest BCUT2D eigenvalue weighted by atomic mass is 35.5. The first-order chi connectivity index (χ1) is 15.9. The molecule has 0 aliphatic heterocycles. The standard InChI is InChI=1S/C19H14ClF3N4O5S2/c1-32-12-7-8-14-16(9-12)26(34(30,31)13-5-3-2-4-6-13)11-17(14)33(28,29)25-15-10-24-27(18(15)20)19(21,22)23/h2-11,25H,1H3. The van der Waals surface area contributed by atoms with Gasteiger partial charge in [-0.05, 0) is 24.3 Å². The lowest BCUT2D eigenvalue weighted by Gasteiger charge is -2.08. The zero-order chi connectivity index (χ0) is 24.9. The van der Waals surface area contributed by atoms with Crippen LogP contribution < -0.4 is 9.46 Å². The molecule has 0 aliphatic rings. The highest BCUT2D eigenvalue weighted by molar-refractivity contribution is 7.93. The first kappa shape index (κ1) is 23.9. The van der Waals surface area contributed by atoms with Crippen molar-refractivity contribution in [2.24, 2.45) is 0 Å². The maximum Gasteiger partial charge on any atom is 0.505 e. The lowest BCUT2D eigenvalue weighted by atomic mass is 10.2. The highest BCUT2D eigenvalue weighted by Crippen LogP contribution is 2.35. The number of methoxy groups -OCH3 is 1. The molecule has 2 aromatic heterocycles. The van der Waals surface area contributed by atoms with Crippen LogP contribution in [0.2, 0.25) is 5.15 Å². The van der Waals surface area contributed by atoms with E-state index in [9.17, 15) is 30.0 Å². The molecule has 4 rings (SSSR count). The van der Waals surface area contributed by atoms with Crippen LogP contribution in [0.15, 0.2) is 70.7 Å². The van der Waals surface area contributed by atoms with E-state index in [4.69, 9.17) is 16.3 Å². The van der Waals surface area contributed by atoms with Gasteiger partial charge >= 0.3 is 6.30 Å². The summed E-state index contributed by atoms with van der Waals surface area (Å²) in [5, 5.41) is 2.01. The molecule has 0 bridgehead atoms. The number of ether oxygens (including phenoxy) is 1. The molecule has 0 atom stereocenters. The molecule has 4 aromatic rings. The molecule has 34 heavy (non-hydrogen) atoms. The van der Waals surface area contributed by atoms with Crippen LogP contribution in [-0.4, -0.2) is 37.7 Å². The Hall–Kier alpha value is -3.23. The fraction of sp³-hybridized carbons (Fsp3) is 0.105. The number of nitrogens with zero attached hydrogens (tertiary/aromatic N) is 3. The molecular weight excluding hydrogens is 521 g/mol. The summed E-state index contributed by atoms with van der Waals surface area (Å²) in [6.45, 7) is 0.